The summed E-state index contributed by atoms with van der Waals surface area (Å²) < 4.78 is 110. The van der Waals surface area contributed by atoms with Crippen molar-refractivity contribution < 1.29 is 84.2 Å². The van der Waals surface area contributed by atoms with Crippen molar-refractivity contribution in [3.63, 3.8) is 0 Å². The first-order valence-electron chi connectivity index (χ1n) is 47.3. The monoisotopic (exact) mass is 1860 g/mol. The number of rotatable bonds is 65. The van der Waals surface area contributed by atoms with Crippen LogP contribution in [0.5, 0.6) is 17.2 Å². The topological polar surface area (TPSA) is 364 Å². The van der Waals surface area contributed by atoms with Gasteiger partial charge in [-0.3, -0.25) is 43.9 Å². The summed E-state index contributed by atoms with van der Waals surface area (Å²) in [6.45, 7) is 8.70. The molecule has 2 fully saturated rings. The van der Waals surface area contributed by atoms with Gasteiger partial charge in [-0.2, -0.15) is 10.4 Å². The van der Waals surface area contributed by atoms with E-state index in [1.54, 1.807) is 26.0 Å². The number of nitrogens with two attached hydrogens (primary N) is 1. The number of aromatic nitrogens is 3. The molecule has 2 saturated heterocycles. The van der Waals surface area contributed by atoms with E-state index in [0.717, 1.165) is 71.9 Å². The summed E-state index contributed by atoms with van der Waals surface area (Å²) in [7, 11) is -9.12. The first-order chi connectivity index (χ1) is 64.2. The van der Waals surface area contributed by atoms with E-state index < -0.39 is 78.9 Å². The molecule has 4 heterocycles. The molecule has 0 spiro atoms. The van der Waals surface area contributed by atoms with Crippen LogP contribution in [0.25, 0.3) is 27.8 Å². The molecular formula is C101H134N8O21P2. The minimum atomic E-state index is -4.63. The van der Waals surface area contributed by atoms with E-state index in [0.29, 0.717) is 24.4 Å². The molecule has 0 saturated carbocycles. The van der Waals surface area contributed by atoms with Gasteiger partial charge >= 0.3 is 15.6 Å². The molecular weight excluding hydrogens is 1720 g/mol. The number of nitrogen functional groups attached to an aromatic ring is 1. The summed E-state index contributed by atoms with van der Waals surface area (Å²) in [5.74, 6) is -0.967. The van der Waals surface area contributed by atoms with Crippen molar-refractivity contribution in [1.29, 1.82) is 5.26 Å². The number of benzene rings is 7. The maximum Gasteiger partial charge on any atom is 0.587 e. The first kappa shape index (κ1) is 104. The number of phosphoric ester groups is 2. The van der Waals surface area contributed by atoms with E-state index >= 15 is 0 Å². The number of nitro benzene ring substituents is 3. The van der Waals surface area contributed by atoms with Crippen molar-refractivity contribution in [2.75, 3.05) is 52.0 Å². The molecule has 0 aliphatic carbocycles. The molecule has 11 rings (SSSR count). The Morgan fingerprint density at radius 1 is 0.439 bits per heavy atom. The summed E-state index contributed by atoms with van der Waals surface area (Å²) in [6.07, 6.45) is 37.8. The molecule has 0 bridgehead atoms. The van der Waals surface area contributed by atoms with Crippen LogP contribution in [0.2, 0.25) is 0 Å². The molecule has 1 unspecified atom stereocenters. The second kappa shape index (κ2) is 56.3. The van der Waals surface area contributed by atoms with Crippen LogP contribution in [0.1, 0.15) is 250 Å². The maximum absolute atomic E-state index is 14.9. The van der Waals surface area contributed by atoms with Gasteiger partial charge in [0, 0.05) is 49.6 Å². The fraction of sp³-hybridized carbons (Fsp3) is 0.515. The zero-order valence-electron chi connectivity index (χ0n) is 77.1. The number of fused-ring (bicyclic) bond motifs is 2. The Labute approximate surface area is 777 Å². The average molecular weight is 1860 g/mol. The van der Waals surface area contributed by atoms with Gasteiger partial charge in [-0.15, -0.1) is 0 Å². The van der Waals surface area contributed by atoms with Gasteiger partial charge in [0.1, 0.15) is 65.7 Å². The Morgan fingerprint density at radius 2 is 0.795 bits per heavy atom. The Kier molecular flexibility index (Phi) is 44.5. The molecule has 0 radical (unpaired) electrons. The zero-order valence-corrected chi connectivity index (χ0v) is 78.9. The Balaban J connectivity index is 0.000000280. The smallest absolute Gasteiger partial charge is 0.404 e. The van der Waals surface area contributed by atoms with Gasteiger partial charge in [-0.25, -0.2) is 18.6 Å². The third-order valence-corrected chi connectivity index (χ3v) is 26.0. The second-order valence-electron chi connectivity index (χ2n) is 34.2. The summed E-state index contributed by atoms with van der Waals surface area (Å²) in [5.41, 5.74) is 10.7. The van der Waals surface area contributed by atoms with Gasteiger partial charge in [0.25, 0.3) is 17.1 Å². The molecule has 7 atom stereocenters. The highest BCUT2D eigenvalue weighted by Crippen LogP contribution is 2.55. The standard InChI is InChI=1S/C55H73N6O11P.C46H61N2O10P/c1-4-5-6-7-8-9-10-11-12-13-14-15-16-17-18-22-35-65-37-47(66-36-42-25-27-44(28-26-42)43-23-20-19-21-24-43)38-67-73(64,72-46-31-29-45(30-32-46)61(62)63)68-39-49-51-52(71-54(2,3)70-51)55(40-56,69-49)50-34-33-48-53(57)58-41-59-60(48)50;1-2-3-4-5-6-7-8-9-10-11-12-13-14-15-16-20-35-54-37-46(55-36-39-23-25-41(26-24-39)40-21-18-17-19-22-40)38-56-59(53,57-44-31-27-42(28-32-44)47(49)50)58-45-33-29-43(30-34-45)48(51)52/h19-21,23-34,41,47,49,51-52H,4-18,22,35-39H2,1-3H3,(H2,57,58,59);17-19,21-34,46H,2-16,20,35-38H2,1H3/t47-,49-,51-,52-,55+,73?;46-/m11/s1. The van der Waals surface area contributed by atoms with E-state index in [9.17, 15) is 44.7 Å². The van der Waals surface area contributed by atoms with Crippen LogP contribution in [0.4, 0.5) is 22.9 Å². The molecule has 31 heteroatoms. The number of hydrogen-bond acceptors (Lipinski definition) is 25. The minimum absolute atomic E-state index is 0.00318. The van der Waals surface area contributed by atoms with Crippen LogP contribution in [0.3, 0.4) is 0 Å². The van der Waals surface area contributed by atoms with E-state index in [2.05, 4.69) is 42.1 Å². The number of unbranched alkanes of at least 4 members (excludes halogenated alkanes) is 30. The van der Waals surface area contributed by atoms with Crippen molar-refractivity contribution in [1.82, 2.24) is 14.6 Å². The molecule has 9 aromatic rings. The van der Waals surface area contributed by atoms with Crippen LogP contribution >= 0.6 is 15.6 Å². The summed E-state index contributed by atoms with van der Waals surface area (Å²) in [4.78, 5) is 36.3. The number of nitriles is 1. The largest absolute Gasteiger partial charge is 0.587 e. The predicted octanol–water partition coefficient (Wildman–Crippen LogP) is 26.2. The number of nitro groups is 3. The number of phosphoric acid groups is 2. The number of non-ortho nitro benzene ring substituents is 3. The number of anilines is 1. The lowest BCUT2D eigenvalue weighted by atomic mass is 9.92. The summed E-state index contributed by atoms with van der Waals surface area (Å²) in [6, 6.07) is 56.8. The van der Waals surface area contributed by atoms with Crippen molar-refractivity contribution in [2.24, 2.45) is 0 Å². The van der Waals surface area contributed by atoms with Gasteiger partial charge in [-0.05, 0) is 109 Å². The quantitative estimate of drug-likeness (QED) is 0.0160. The molecule has 714 valence electrons. The third kappa shape index (κ3) is 35.2. The summed E-state index contributed by atoms with van der Waals surface area (Å²) >= 11 is 0. The molecule has 2 aliphatic heterocycles. The van der Waals surface area contributed by atoms with Crippen molar-refractivity contribution >= 4 is 44.0 Å². The van der Waals surface area contributed by atoms with Gasteiger partial charge in [-0.1, -0.05) is 316 Å². The Hall–Kier alpha value is -9.89. The first-order valence-corrected chi connectivity index (χ1v) is 50.3. The lowest BCUT2D eigenvalue weighted by Crippen LogP contribution is -2.40. The number of ether oxygens (including phenoxy) is 7. The lowest BCUT2D eigenvalue weighted by molar-refractivity contribution is -0.385. The fourth-order valence-electron chi connectivity index (χ4n) is 15.9. The van der Waals surface area contributed by atoms with E-state index in [4.69, 9.17) is 66.0 Å². The normalized spacial score (nSPS) is 16.6. The van der Waals surface area contributed by atoms with Gasteiger partial charge < -0.3 is 52.5 Å². The highest BCUT2D eigenvalue weighted by Gasteiger charge is 2.66. The number of nitrogens with zero attached hydrogens (tertiary/aromatic N) is 7. The molecule has 29 nitrogen and oxygen atoms in total. The van der Waals surface area contributed by atoms with Crippen molar-refractivity contribution in [3.8, 4) is 45.6 Å². The predicted molar refractivity (Wildman–Crippen MR) is 509 cm³/mol. The maximum atomic E-state index is 14.9. The number of hydrogen-bond donors (Lipinski definition) is 1. The SMILES string of the molecule is CCCCCCCCCCCCCCCCCCOC[C@H](COP(=O)(OC[C@H]1O[C@@](C#N)(c2ccc3c(N)ncnn23)[C@@H]2OC(C)(C)O[C@@H]21)Oc1ccc([N+](=O)[O-])cc1)OCc1ccc(-c2ccccc2)cc1.CCCCCCCCCCCCCCCCCCOC[C@H](COP(=O)(Oc1ccc([N+](=O)[O-])cc1)Oc1ccc([N+](=O)[O-])cc1)OCc1ccc(-c2ccccc2)cc1. The molecule has 7 aromatic carbocycles. The van der Waals surface area contributed by atoms with Crippen LogP contribution in [0.15, 0.2) is 200 Å². The van der Waals surface area contributed by atoms with Crippen molar-refractivity contribution in [2.45, 2.75) is 288 Å². The van der Waals surface area contributed by atoms with Crippen LogP contribution in [-0.2, 0) is 74.7 Å². The molecule has 2 N–H and O–H groups in total. The van der Waals surface area contributed by atoms with Gasteiger partial charge in [0.15, 0.2) is 11.6 Å². The fourth-order valence-corrected chi connectivity index (χ4v) is 18.4. The van der Waals surface area contributed by atoms with E-state index in [1.165, 1.54) is 251 Å². The average Bonchev–Trinajstić information content (AvgIpc) is 1.55. The molecule has 2 aliphatic rings. The third-order valence-electron chi connectivity index (χ3n) is 23.3. The highest BCUT2D eigenvalue weighted by molar-refractivity contribution is 7.49. The van der Waals surface area contributed by atoms with Gasteiger partial charge in [0.05, 0.1) is 66.7 Å². The molecule has 132 heavy (non-hydrogen) atoms. The molecule has 2 aromatic heterocycles. The van der Waals surface area contributed by atoms with Crippen LogP contribution < -0.4 is 19.3 Å². The van der Waals surface area contributed by atoms with Gasteiger partial charge in [0.2, 0.25) is 5.60 Å². The molecule has 0 amide bonds. The summed E-state index contributed by atoms with van der Waals surface area (Å²) in [5, 5.41) is 49.1. The van der Waals surface area contributed by atoms with Crippen LogP contribution in [0, 0.1) is 41.7 Å². The van der Waals surface area contributed by atoms with Crippen LogP contribution in [-0.4, -0.2) is 112 Å². The van der Waals surface area contributed by atoms with Crippen molar-refractivity contribution in [3.05, 3.63) is 248 Å². The van der Waals surface area contributed by atoms with E-state index in [1.807, 2.05) is 97.1 Å². The Morgan fingerprint density at radius 3 is 1.17 bits per heavy atom. The van der Waals surface area contributed by atoms with E-state index in [-0.39, 0.29) is 79.8 Å². The second-order valence-corrected chi connectivity index (χ2v) is 37.4. The zero-order chi connectivity index (χ0) is 93.5. The highest BCUT2D eigenvalue weighted by atomic mass is 31.2. The lowest BCUT2D eigenvalue weighted by Gasteiger charge is -2.29. The Bertz CT molecular complexity index is 4920. The minimum Gasteiger partial charge on any atom is -0.404 e.